The molecule has 2 aromatic carbocycles. The van der Waals surface area contributed by atoms with Gasteiger partial charge >= 0.3 is 0 Å². The van der Waals surface area contributed by atoms with Crippen LogP contribution in [0.4, 0.5) is 4.39 Å². The van der Waals surface area contributed by atoms with Crippen molar-refractivity contribution in [3.05, 3.63) is 64.9 Å². The second-order valence-corrected chi connectivity index (χ2v) is 6.90. The first-order chi connectivity index (χ1) is 12.1. The molecule has 25 heavy (non-hydrogen) atoms. The number of rotatable bonds is 10. The molecular formula is C19H21ClFNO2S. The van der Waals surface area contributed by atoms with Crippen LogP contribution in [0.15, 0.2) is 48.5 Å². The molecule has 0 saturated carbocycles. The highest BCUT2D eigenvalue weighted by atomic mass is 35.5. The Labute approximate surface area is 156 Å². The van der Waals surface area contributed by atoms with Crippen molar-refractivity contribution in [3.63, 3.8) is 0 Å². The molecule has 0 spiro atoms. The zero-order valence-electron chi connectivity index (χ0n) is 13.8. The normalized spacial score (nSPS) is 10.5. The SMILES string of the molecule is O=C(CSCc1ccc(Cl)cc1)NCCCCOc1ccc(F)cc1. The van der Waals surface area contributed by atoms with Gasteiger partial charge < -0.3 is 10.1 Å². The van der Waals surface area contributed by atoms with Crippen LogP contribution < -0.4 is 10.1 Å². The Kier molecular flexibility index (Phi) is 8.63. The van der Waals surface area contributed by atoms with Crippen molar-refractivity contribution < 1.29 is 13.9 Å². The number of thioether (sulfide) groups is 1. The van der Waals surface area contributed by atoms with E-state index in [0.717, 1.165) is 29.2 Å². The summed E-state index contributed by atoms with van der Waals surface area (Å²) in [6.45, 7) is 1.18. The number of hydrogen-bond donors (Lipinski definition) is 1. The van der Waals surface area contributed by atoms with Gasteiger partial charge in [-0.05, 0) is 54.8 Å². The Bertz CT molecular complexity index is 649. The molecule has 0 heterocycles. The van der Waals surface area contributed by atoms with Crippen LogP contribution in [0.25, 0.3) is 0 Å². The average molecular weight is 382 g/mol. The van der Waals surface area contributed by atoms with Gasteiger partial charge in [0.05, 0.1) is 12.4 Å². The molecule has 0 saturated heterocycles. The third-order valence-electron chi connectivity index (χ3n) is 3.39. The third-order valence-corrected chi connectivity index (χ3v) is 4.65. The Morgan fingerprint density at radius 2 is 1.80 bits per heavy atom. The fourth-order valence-electron chi connectivity index (χ4n) is 2.07. The van der Waals surface area contributed by atoms with Gasteiger partial charge in [-0.15, -0.1) is 11.8 Å². The Morgan fingerprint density at radius 1 is 1.08 bits per heavy atom. The number of amides is 1. The van der Waals surface area contributed by atoms with Gasteiger partial charge in [0, 0.05) is 17.3 Å². The fraction of sp³-hybridized carbons (Fsp3) is 0.316. The maximum absolute atomic E-state index is 12.7. The third kappa shape index (κ3) is 8.27. The highest BCUT2D eigenvalue weighted by molar-refractivity contribution is 7.99. The van der Waals surface area contributed by atoms with Gasteiger partial charge in [-0.1, -0.05) is 23.7 Å². The van der Waals surface area contributed by atoms with Crippen LogP contribution in [0, 0.1) is 5.82 Å². The number of benzene rings is 2. The van der Waals surface area contributed by atoms with Gasteiger partial charge in [-0.25, -0.2) is 4.39 Å². The summed E-state index contributed by atoms with van der Waals surface area (Å²) in [4.78, 5) is 11.8. The number of nitrogens with one attached hydrogen (secondary N) is 1. The number of unbranched alkanes of at least 4 members (excludes halogenated alkanes) is 1. The molecule has 134 valence electrons. The summed E-state index contributed by atoms with van der Waals surface area (Å²) in [7, 11) is 0. The van der Waals surface area contributed by atoms with E-state index in [-0.39, 0.29) is 11.7 Å². The van der Waals surface area contributed by atoms with Crippen molar-refractivity contribution in [1.29, 1.82) is 0 Å². The summed E-state index contributed by atoms with van der Waals surface area (Å²) >= 11 is 7.41. The summed E-state index contributed by atoms with van der Waals surface area (Å²) in [6.07, 6.45) is 1.67. The Balaban J connectivity index is 1.48. The van der Waals surface area contributed by atoms with E-state index < -0.39 is 0 Å². The van der Waals surface area contributed by atoms with Gasteiger partial charge in [0.2, 0.25) is 5.91 Å². The van der Waals surface area contributed by atoms with E-state index in [1.165, 1.54) is 12.1 Å². The van der Waals surface area contributed by atoms with Crippen LogP contribution in [-0.4, -0.2) is 24.8 Å². The van der Waals surface area contributed by atoms with Crippen molar-refractivity contribution in [2.45, 2.75) is 18.6 Å². The lowest BCUT2D eigenvalue weighted by molar-refractivity contribution is -0.118. The predicted octanol–water partition coefficient (Wildman–Crippen LogP) is 4.69. The van der Waals surface area contributed by atoms with E-state index in [4.69, 9.17) is 16.3 Å². The zero-order valence-corrected chi connectivity index (χ0v) is 15.4. The first-order valence-corrected chi connectivity index (χ1v) is 9.64. The summed E-state index contributed by atoms with van der Waals surface area (Å²) < 4.78 is 18.2. The molecule has 0 bridgehead atoms. The molecular weight excluding hydrogens is 361 g/mol. The van der Waals surface area contributed by atoms with Crippen LogP contribution >= 0.6 is 23.4 Å². The molecule has 0 atom stereocenters. The summed E-state index contributed by atoms with van der Waals surface area (Å²) in [5.41, 5.74) is 1.15. The fourth-order valence-corrected chi connectivity index (χ4v) is 3.01. The van der Waals surface area contributed by atoms with Crippen LogP contribution in [-0.2, 0) is 10.5 Å². The standard InChI is InChI=1S/C19H21ClFNO2S/c20-16-5-3-15(4-6-16)13-25-14-19(23)22-11-1-2-12-24-18-9-7-17(21)8-10-18/h3-10H,1-2,11-14H2,(H,22,23). The average Bonchev–Trinajstić information content (AvgIpc) is 2.61. The second-order valence-electron chi connectivity index (χ2n) is 5.48. The second kappa shape index (κ2) is 11.0. The maximum Gasteiger partial charge on any atom is 0.230 e. The number of halogens is 2. The van der Waals surface area contributed by atoms with E-state index in [1.807, 2.05) is 24.3 Å². The molecule has 0 aliphatic carbocycles. The van der Waals surface area contributed by atoms with Gasteiger partial charge in [-0.3, -0.25) is 4.79 Å². The van der Waals surface area contributed by atoms with E-state index >= 15 is 0 Å². The van der Waals surface area contributed by atoms with Gasteiger partial charge in [0.25, 0.3) is 0 Å². The molecule has 1 amide bonds. The number of ether oxygens (including phenoxy) is 1. The minimum atomic E-state index is -0.274. The monoisotopic (exact) mass is 381 g/mol. The van der Waals surface area contributed by atoms with Crippen molar-refractivity contribution in [2.75, 3.05) is 18.9 Å². The largest absolute Gasteiger partial charge is 0.494 e. The first kappa shape index (κ1) is 19.6. The topological polar surface area (TPSA) is 38.3 Å². The van der Waals surface area contributed by atoms with Crippen LogP contribution in [0.1, 0.15) is 18.4 Å². The maximum atomic E-state index is 12.7. The molecule has 0 unspecified atom stereocenters. The van der Waals surface area contributed by atoms with Gasteiger partial charge in [0.15, 0.2) is 0 Å². The quantitative estimate of drug-likeness (QED) is 0.607. The summed E-state index contributed by atoms with van der Waals surface area (Å²) in [5.74, 6) is 1.65. The molecule has 0 aromatic heterocycles. The molecule has 6 heteroatoms. The molecule has 3 nitrogen and oxygen atoms in total. The molecule has 2 aromatic rings. The highest BCUT2D eigenvalue weighted by Crippen LogP contribution is 2.15. The molecule has 0 radical (unpaired) electrons. The van der Waals surface area contributed by atoms with Gasteiger partial charge in [0.1, 0.15) is 11.6 Å². The van der Waals surface area contributed by atoms with Crippen LogP contribution in [0.3, 0.4) is 0 Å². The summed E-state index contributed by atoms with van der Waals surface area (Å²) in [5, 5.41) is 3.62. The van der Waals surface area contributed by atoms with Crippen molar-refractivity contribution in [2.24, 2.45) is 0 Å². The van der Waals surface area contributed by atoms with E-state index in [2.05, 4.69) is 5.32 Å². The molecule has 2 rings (SSSR count). The lowest BCUT2D eigenvalue weighted by Crippen LogP contribution is -2.26. The minimum absolute atomic E-state index is 0.0402. The molecule has 0 fully saturated rings. The van der Waals surface area contributed by atoms with Crippen molar-refractivity contribution in [1.82, 2.24) is 5.32 Å². The lowest BCUT2D eigenvalue weighted by atomic mass is 10.2. The smallest absolute Gasteiger partial charge is 0.230 e. The lowest BCUT2D eigenvalue weighted by Gasteiger charge is -2.07. The Morgan fingerprint density at radius 3 is 2.52 bits per heavy atom. The zero-order chi connectivity index (χ0) is 17.9. The van der Waals surface area contributed by atoms with Crippen molar-refractivity contribution in [3.8, 4) is 5.75 Å². The summed E-state index contributed by atoms with van der Waals surface area (Å²) in [6, 6.07) is 13.6. The molecule has 0 aliphatic heterocycles. The minimum Gasteiger partial charge on any atom is -0.494 e. The van der Waals surface area contributed by atoms with E-state index in [1.54, 1.807) is 23.9 Å². The van der Waals surface area contributed by atoms with Gasteiger partial charge in [-0.2, -0.15) is 0 Å². The number of carbonyl (C=O) groups is 1. The highest BCUT2D eigenvalue weighted by Gasteiger charge is 2.02. The predicted molar refractivity (Wildman–Crippen MR) is 102 cm³/mol. The molecule has 0 aliphatic rings. The van der Waals surface area contributed by atoms with Crippen molar-refractivity contribution >= 4 is 29.3 Å². The first-order valence-electron chi connectivity index (χ1n) is 8.11. The van der Waals surface area contributed by atoms with E-state index in [9.17, 15) is 9.18 Å². The Hall–Kier alpha value is -1.72. The number of hydrogen-bond acceptors (Lipinski definition) is 3. The van der Waals surface area contributed by atoms with Crippen LogP contribution in [0.5, 0.6) is 5.75 Å². The van der Waals surface area contributed by atoms with Crippen LogP contribution in [0.2, 0.25) is 5.02 Å². The number of carbonyl (C=O) groups excluding carboxylic acids is 1. The van der Waals surface area contributed by atoms with E-state index in [0.29, 0.717) is 24.7 Å². The molecule has 1 N–H and O–H groups in total.